The molecule has 1 heteroatoms. The van der Waals surface area contributed by atoms with Gasteiger partial charge in [0, 0.05) is 6.54 Å². The van der Waals surface area contributed by atoms with Gasteiger partial charge < -0.3 is 5.32 Å². The molecule has 0 saturated heterocycles. The molecule has 1 nitrogen and oxygen atoms in total. The van der Waals surface area contributed by atoms with Crippen LogP contribution in [0.1, 0.15) is 42.9 Å². The third kappa shape index (κ3) is 2.35. The summed E-state index contributed by atoms with van der Waals surface area (Å²) >= 11 is 0. The van der Waals surface area contributed by atoms with Crippen LogP contribution in [0, 0.1) is 6.92 Å². The normalized spacial score (nSPS) is 16.4. The summed E-state index contributed by atoms with van der Waals surface area (Å²) in [7, 11) is 0. The predicted molar refractivity (Wildman–Crippen MR) is 70.7 cm³/mol. The molecule has 86 valence electrons. The van der Waals surface area contributed by atoms with Crippen LogP contribution in [0.4, 0.5) is 0 Å². The van der Waals surface area contributed by atoms with Crippen molar-refractivity contribution in [1.29, 1.82) is 0 Å². The van der Waals surface area contributed by atoms with Gasteiger partial charge >= 0.3 is 0 Å². The van der Waals surface area contributed by atoms with Gasteiger partial charge in [0.2, 0.25) is 0 Å². The summed E-state index contributed by atoms with van der Waals surface area (Å²) in [6.07, 6.45) is 3.47. The molecule has 1 aromatic carbocycles. The number of hydrogen-bond acceptors (Lipinski definition) is 1. The van der Waals surface area contributed by atoms with Gasteiger partial charge in [-0.25, -0.2) is 0 Å². The van der Waals surface area contributed by atoms with E-state index >= 15 is 0 Å². The minimum absolute atomic E-state index is 0.620. The van der Waals surface area contributed by atoms with E-state index in [0.717, 1.165) is 19.5 Å². The quantitative estimate of drug-likeness (QED) is 0.796. The molecule has 0 amide bonds. The van der Waals surface area contributed by atoms with Gasteiger partial charge in [0.25, 0.3) is 0 Å². The van der Waals surface area contributed by atoms with Crippen LogP contribution >= 0.6 is 0 Å². The highest BCUT2D eigenvalue weighted by Gasteiger charge is 2.09. The minimum Gasteiger partial charge on any atom is -0.313 e. The molecule has 2 rings (SSSR count). The molecule has 1 heterocycles. The van der Waals surface area contributed by atoms with Crippen molar-refractivity contribution in [3.05, 3.63) is 41.0 Å². The van der Waals surface area contributed by atoms with Gasteiger partial charge in [-0.05, 0) is 48.1 Å². The van der Waals surface area contributed by atoms with Crippen LogP contribution in [0.5, 0.6) is 0 Å². The van der Waals surface area contributed by atoms with Crippen molar-refractivity contribution in [2.75, 3.05) is 13.1 Å². The van der Waals surface area contributed by atoms with Crippen LogP contribution in [0.3, 0.4) is 0 Å². The lowest BCUT2D eigenvalue weighted by Gasteiger charge is -2.17. The fourth-order valence-electron chi connectivity index (χ4n) is 2.27. The maximum atomic E-state index is 3.36. The van der Waals surface area contributed by atoms with Gasteiger partial charge in [0.15, 0.2) is 0 Å². The second-order valence-electron chi connectivity index (χ2n) is 4.91. The van der Waals surface area contributed by atoms with Crippen LogP contribution in [0.2, 0.25) is 0 Å². The summed E-state index contributed by atoms with van der Waals surface area (Å²) < 4.78 is 0. The van der Waals surface area contributed by atoms with E-state index in [9.17, 15) is 0 Å². The van der Waals surface area contributed by atoms with Crippen LogP contribution in [0.15, 0.2) is 24.3 Å². The van der Waals surface area contributed by atoms with Crippen molar-refractivity contribution < 1.29 is 0 Å². The molecule has 1 N–H and O–H groups in total. The van der Waals surface area contributed by atoms with Crippen molar-refractivity contribution in [2.24, 2.45) is 0 Å². The molecule has 0 aromatic heterocycles. The van der Waals surface area contributed by atoms with E-state index in [1.54, 1.807) is 0 Å². The molecule has 0 aliphatic carbocycles. The summed E-state index contributed by atoms with van der Waals surface area (Å²) in [6, 6.07) is 6.90. The highest BCUT2D eigenvalue weighted by Crippen LogP contribution is 2.26. The maximum absolute atomic E-state index is 3.36. The number of nitrogens with one attached hydrogen (secondary N) is 1. The fraction of sp³-hybridized carbons (Fsp3) is 0.467. The van der Waals surface area contributed by atoms with Crippen molar-refractivity contribution in [3.63, 3.8) is 0 Å². The monoisotopic (exact) mass is 215 g/mol. The van der Waals surface area contributed by atoms with E-state index in [0.29, 0.717) is 5.92 Å². The van der Waals surface area contributed by atoms with Crippen molar-refractivity contribution >= 4 is 5.57 Å². The Labute approximate surface area is 98.6 Å². The van der Waals surface area contributed by atoms with Crippen molar-refractivity contribution in [3.8, 4) is 0 Å². The maximum Gasteiger partial charge on any atom is 0.0140 e. The average Bonchev–Trinajstić information content (AvgIpc) is 2.30. The lowest BCUT2D eigenvalue weighted by Crippen LogP contribution is -2.20. The molecule has 1 aliphatic heterocycles. The first-order valence-electron chi connectivity index (χ1n) is 6.19. The number of rotatable bonds is 2. The molecule has 16 heavy (non-hydrogen) atoms. The van der Waals surface area contributed by atoms with Gasteiger partial charge in [-0.1, -0.05) is 38.1 Å². The smallest absolute Gasteiger partial charge is 0.0140 e. The van der Waals surface area contributed by atoms with E-state index in [-0.39, 0.29) is 0 Å². The summed E-state index contributed by atoms with van der Waals surface area (Å²) in [5, 5.41) is 3.36. The van der Waals surface area contributed by atoms with E-state index in [2.05, 4.69) is 50.4 Å². The Hall–Kier alpha value is -1.08. The van der Waals surface area contributed by atoms with E-state index < -0.39 is 0 Å². The Balaban J connectivity index is 2.32. The lowest BCUT2D eigenvalue weighted by atomic mass is 9.92. The van der Waals surface area contributed by atoms with Crippen LogP contribution in [0.25, 0.3) is 5.57 Å². The van der Waals surface area contributed by atoms with Gasteiger partial charge in [0.05, 0.1) is 0 Å². The molecule has 1 aromatic rings. The summed E-state index contributed by atoms with van der Waals surface area (Å²) in [4.78, 5) is 0. The first kappa shape index (κ1) is 11.4. The Kier molecular flexibility index (Phi) is 3.45. The zero-order valence-corrected chi connectivity index (χ0v) is 10.5. The zero-order valence-electron chi connectivity index (χ0n) is 10.5. The molecule has 0 saturated carbocycles. The molecule has 0 unspecified atom stereocenters. The van der Waals surface area contributed by atoms with E-state index in [1.165, 1.54) is 22.3 Å². The van der Waals surface area contributed by atoms with Crippen LogP contribution in [-0.4, -0.2) is 13.1 Å². The van der Waals surface area contributed by atoms with E-state index in [4.69, 9.17) is 0 Å². The topological polar surface area (TPSA) is 12.0 Å². The Morgan fingerprint density at radius 1 is 1.25 bits per heavy atom. The highest BCUT2D eigenvalue weighted by atomic mass is 14.8. The number of benzene rings is 1. The van der Waals surface area contributed by atoms with Crippen molar-refractivity contribution in [2.45, 2.75) is 33.1 Å². The Morgan fingerprint density at radius 3 is 2.62 bits per heavy atom. The largest absolute Gasteiger partial charge is 0.313 e. The highest BCUT2D eigenvalue weighted by molar-refractivity contribution is 5.69. The van der Waals surface area contributed by atoms with Gasteiger partial charge in [-0.2, -0.15) is 0 Å². The molecule has 0 atom stereocenters. The van der Waals surface area contributed by atoms with Crippen molar-refractivity contribution in [1.82, 2.24) is 5.32 Å². The number of hydrogen-bond donors (Lipinski definition) is 1. The van der Waals surface area contributed by atoms with Gasteiger partial charge in [-0.3, -0.25) is 0 Å². The standard InChI is InChI=1S/C15H21N/c1-11(2)14-4-5-15(12(3)10-14)13-6-8-16-9-7-13/h4-6,10-11,16H,7-9H2,1-3H3. The second kappa shape index (κ2) is 4.84. The number of aryl methyl sites for hydroxylation is 1. The first-order valence-corrected chi connectivity index (χ1v) is 6.19. The van der Waals surface area contributed by atoms with E-state index in [1.807, 2.05) is 0 Å². The molecule has 0 spiro atoms. The third-order valence-corrected chi connectivity index (χ3v) is 3.33. The predicted octanol–water partition coefficient (Wildman–Crippen LogP) is 3.50. The lowest BCUT2D eigenvalue weighted by molar-refractivity contribution is 0.738. The summed E-state index contributed by atoms with van der Waals surface area (Å²) in [5.41, 5.74) is 5.80. The Morgan fingerprint density at radius 2 is 2.06 bits per heavy atom. The Bertz CT molecular complexity index is 402. The molecule has 0 bridgehead atoms. The molecular formula is C15H21N. The third-order valence-electron chi connectivity index (χ3n) is 3.33. The minimum atomic E-state index is 0.620. The average molecular weight is 215 g/mol. The fourth-order valence-corrected chi connectivity index (χ4v) is 2.27. The van der Waals surface area contributed by atoms with Gasteiger partial charge in [0.1, 0.15) is 0 Å². The summed E-state index contributed by atoms with van der Waals surface area (Å²) in [6.45, 7) is 8.85. The SMILES string of the molecule is Cc1cc(C(C)C)ccc1C1=CCNCC1. The summed E-state index contributed by atoms with van der Waals surface area (Å²) in [5.74, 6) is 0.620. The van der Waals surface area contributed by atoms with Crippen LogP contribution in [-0.2, 0) is 0 Å². The molecule has 0 radical (unpaired) electrons. The van der Waals surface area contributed by atoms with Crippen LogP contribution < -0.4 is 5.32 Å². The van der Waals surface area contributed by atoms with Gasteiger partial charge in [-0.15, -0.1) is 0 Å². The first-order chi connectivity index (χ1) is 7.68. The molecule has 0 fully saturated rings. The second-order valence-corrected chi connectivity index (χ2v) is 4.91. The molecular weight excluding hydrogens is 194 g/mol. The molecule has 1 aliphatic rings. The zero-order chi connectivity index (χ0) is 11.5.